The number of hydrogen-bond donors (Lipinski definition) is 1. The molecule has 1 N–H and O–H groups in total. The van der Waals surface area contributed by atoms with E-state index in [1.54, 1.807) is 0 Å². The van der Waals surface area contributed by atoms with Crippen LogP contribution in [0.25, 0.3) is 0 Å². The number of aryl methyl sites for hydroxylation is 2. The smallest absolute Gasteiger partial charge is 0.261 e. The zero-order valence-corrected chi connectivity index (χ0v) is 12.0. The largest absolute Gasteiger partial charge is 0.374 e. The molecular formula is C13H23F2N3O. The normalized spacial score (nSPS) is 13.2. The maximum Gasteiger partial charge on any atom is 0.261 e. The fourth-order valence-electron chi connectivity index (χ4n) is 2.27. The van der Waals surface area contributed by atoms with Gasteiger partial charge in [-0.15, -0.1) is 0 Å². The van der Waals surface area contributed by atoms with E-state index < -0.39 is 13.0 Å². The molecule has 1 unspecified atom stereocenters. The number of ether oxygens (including phenoxy) is 1. The molecule has 0 aliphatic carbocycles. The third-order valence-electron chi connectivity index (χ3n) is 3.11. The first-order valence-corrected chi connectivity index (χ1v) is 6.60. The lowest BCUT2D eigenvalue weighted by Gasteiger charge is -2.15. The average Bonchev–Trinajstić information content (AvgIpc) is 2.63. The highest BCUT2D eigenvalue weighted by Crippen LogP contribution is 2.20. The number of halogens is 2. The van der Waals surface area contributed by atoms with Crippen LogP contribution in [-0.2, 0) is 11.3 Å². The first kappa shape index (κ1) is 16.0. The molecule has 19 heavy (non-hydrogen) atoms. The Morgan fingerprint density at radius 3 is 2.58 bits per heavy atom. The summed E-state index contributed by atoms with van der Waals surface area (Å²) in [7, 11) is 0. The predicted octanol–water partition coefficient (Wildman–Crippen LogP) is 2.45. The Bertz CT molecular complexity index is 393. The zero-order chi connectivity index (χ0) is 14.4. The number of hydrogen-bond acceptors (Lipinski definition) is 3. The quantitative estimate of drug-likeness (QED) is 0.741. The van der Waals surface area contributed by atoms with Gasteiger partial charge in [0.05, 0.1) is 12.3 Å². The number of alkyl halides is 2. The van der Waals surface area contributed by atoms with Crippen LogP contribution in [0.15, 0.2) is 0 Å². The van der Waals surface area contributed by atoms with Gasteiger partial charge < -0.3 is 10.1 Å². The minimum atomic E-state index is -2.40. The van der Waals surface area contributed by atoms with Crippen molar-refractivity contribution in [1.29, 1.82) is 0 Å². The molecule has 6 heteroatoms. The molecule has 0 bridgehead atoms. The topological polar surface area (TPSA) is 39.1 Å². The number of nitrogens with one attached hydrogen (secondary N) is 1. The molecular weight excluding hydrogens is 252 g/mol. The lowest BCUT2D eigenvalue weighted by Crippen LogP contribution is -2.25. The van der Waals surface area contributed by atoms with E-state index in [4.69, 9.17) is 4.74 Å². The maximum absolute atomic E-state index is 11.9. The van der Waals surface area contributed by atoms with Gasteiger partial charge in [0.1, 0.15) is 6.61 Å². The van der Waals surface area contributed by atoms with Gasteiger partial charge in [0, 0.05) is 30.4 Å². The van der Waals surface area contributed by atoms with E-state index in [0.29, 0.717) is 6.54 Å². The fraction of sp³-hybridized carbons (Fsp3) is 0.769. The molecule has 1 atom stereocenters. The Morgan fingerprint density at radius 2 is 2.05 bits per heavy atom. The maximum atomic E-state index is 11.9. The molecule has 0 aromatic carbocycles. The SMILES string of the molecule is CCn1nc(C)c(C(C)NCCOCC(F)F)c1C. The average molecular weight is 275 g/mol. The third-order valence-corrected chi connectivity index (χ3v) is 3.11. The van der Waals surface area contributed by atoms with Gasteiger partial charge in [-0.2, -0.15) is 5.10 Å². The summed E-state index contributed by atoms with van der Waals surface area (Å²) >= 11 is 0. The van der Waals surface area contributed by atoms with Gasteiger partial charge in [-0.25, -0.2) is 8.78 Å². The minimum absolute atomic E-state index is 0.135. The van der Waals surface area contributed by atoms with Crippen molar-refractivity contribution in [3.63, 3.8) is 0 Å². The lowest BCUT2D eigenvalue weighted by molar-refractivity contribution is 0.0183. The Labute approximate surface area is 113 Å². The van der Waals surface area contributed by atoms with E-state index in [0.717, 1.165) is 17.9 Å². The van der Waals surface area contributed by atoms with Gasteiger partial charge >= 0.3 is 0 Å². The van der Waals surface area contributed by atoms with Gasteiger partial charge in [0.15, 0.2) is 0 Å². The minimum Gasteiger partial charge on any atom is -0.374 e. The van der Waals surface area contributed by atoms with Crippen molar-refractivity contribution in [2.24, 2.45) is 0 Å². The molecule has 1 heterocycles. The van der Waals surface area contributed by atoms with Crippen molar-refractivity contribution in [2.75, 3.05) is 19.8 Å². The number of rotatable bonds is 8. The van der Waals surface area contributed by atoms with Gasteiger partial charge in [-0.3, -0.25) is 4.68 Å². The van der Waals surface area contributed by atoms with E-state index in [2.05, 4.69) is 17.3 Å². The molecule has 1 rings (SSSR count). The molecule has 0 amide bonds. The Morgan fingerprint density at radius 1 is 1.37 bits per heavy atom. The van der Waals surface area contributed by atoms with E-state index >= 15 is 0 Å². The number of aromatic nitrogens is 2. The highest BCUT2D eigenvalue weighted by atomic mass is 19.3. The zero-order valence-electron chi connectivity index (χ0n) is 12.0. The molecule has 110 valence electrons. The van der Waals surface area contributed by atoms with Gasteiger partial charge in [-0.05, 0) is 27.7 Å². The molecule has 0 fully saturated rings. The summed E-state index contributed by atoms with van der Waals surface area (Å²) in [5.41, 5.74) is 3.33. The molecule has 1 aromatic heterocycles. The predicted molar refractivity (Wildman–Crippen MR) is 70.6 cm³/mol. The van der Waals surface area contributed by atoms with Crippen molar-refractivity contribution >= 4 is 0 Å². The van der Waals surface area contributed by atoms with Crippen LogP contribution < -0.4 is 5.32 Å². The van der Waals surface area contributed by atoms with Crippen LogP contribution in [0.3, 0.4) is 0 Å². The second-order valence-corrected chi connectivity index (χ2v) is 4.54. The Hall–Kier alpha value is -1.01. The molecule has 0 spiro atoms. The van der Waals surface area contributed by atoms with Crippen molar-refractivity contribution in [3.8, 4) is 0 Å². The van der Waals surface area contributed by atoms with Crippen LogP contribution >= 0.6 is 0 Å². The summed E-state index contributed by atoms with van der Waals surface area (Å²) in [6.45, 7) is 9.31. The molecule has 0 saturated carbocycles. The summed E-state index contributed by atoms with van der Waals surface area (Å²) in [5, 5.41) is 7.73. The van der Waals surface area contributed by atoms with Crippen LogP contribution in [-0.4, -0.2) is 36.0 Å². The van der Waals surface area contributed by atoms with E-state index in [1.807, 2.05) is 25.5 Å². The van der Waals surface area contributed by atoms with Crippen LogP contribution in [0.5, 0.6) is 0 Å². The number of nitrogens with zero attached hydrogens (tertiary/aromatic N) is 2. The van der Waals surface area contributed by atoms with E-state index in [9.17, 15) is 8.78 Å². The molecule has 4 nitrogen and oxygen atoms in total. The van der Waals surface area contributed by atoms with Crippen LogP contribution in [0.2, 0.25) is 0 Å². The standard InChI is InChI=1S/C13H23F2N3O/c1-5-18-11(4)13(10(3)17-18)9(2)16-6-7-19-8-12(14)15/h9,12,16H,5-8H2,1-4H3. The first-order chi connectivity index (χ1) is 8.97. The first-order valence-electron chi connectivity index (χ1n) is 6.60. The van der Waals surface area contributed by atoms with Crippen molar-refractivity contribution in [1.82, 2.24) is 15.1 Å². The second kappa shape index (κ2) is 7.55. The molecule has 0 saturated heterocycles. The van der Waals surface area contributed by atoms with E-state index in [1.165, 1.54) is 5.56 Å². The Balaban J connectivity index is 2.45. The summed E-state index contributed by atoms with van der Waals surface area (Å²) in [5.74, 6) is 0. The van der Waals surface area contributed by atoms with Crippen molar-refractivity contribution in [2.45, 2.75) is 46.7 Å². The van der Waals surface area contributed by atoms with Gasteiger partial charge in [-0.1, -0.05) is 0 Å². The van der Waals surface area contributed by atoms with Crippen LogP contribution in [0, 0.1) is 13.8 Å². The van der Waals surface area contributed by atoms with Gasteiger partial charge in [0.25, 0.3) is 6.43 Å². The summed E-state index contributed by atoms with van der Waals surface area (Å²) in [6.07, 6.45) is -2.40. The molecule has 0 aliphatic rings. The molecule has 0 radical (unpaired) electrons. The molecule has 1 aromatic rings. The van der Waals surface area contributed by atoms with Crippen molar-refractivity contribution < 1.29 is 13.5 Å². The monoisotopic (exact) mass is 275 g/mol. The van der Waals surface area contributed by atoms with Crippen LogP contribution in [0.4, 0.5) is 8.78 Å². The highest BCUT2D eigenvalue weighted by molar-refractivity contribution is 5.27. The van der Waals surface area contributed by atoms with E-state index in [-0.39, 0.29) is 12.6 Å². The van der Waals surface area contributed by atoms with Gasteiger partial charge in [0.2, 0.25) is 0 Å². The fourth-order valence-corrected chi connectivity index (χ4v) is 2.27. The molecule has 0 aliphatic heterocycles. The Kier molecular flexibility index (Phi) is 6.37. The van der Waals surface area contributed by atoms with Crippen LogP contribution in [0.1, 0.15) is 36.8 Å². The highest BCUT2D eigenvalue weighted by Gasteiger charge is 2.16. The second-order valence-electron chi connectivity index (χ2n) is 4.54. The summed E-state index contributed by atoms with van der Waals surface area (Å²) < 4.78 is 30.6. The lowest BCUT2D eigenvalue weighted by atomic mass is 10.1. The van der Waals surface area contributed by atoms with Crippen molar-refractivity contribution in [3.05, 3.63) is 17.0 Å². The summed E-state index contributed by atoms with van der Waals surface area (Å²) in [6, 6.07) is 0.135. The summed E-state index contributed by atoms with van der Waals surface area (Å²) in [4.78, 5) is 0. The third kappa shape index (κ3) is 4.54.